The Labute approximate surface area is 138 Å². The van der Waals surface area contributed by atoms with Crippen LogP contribution in [0.25, 0.3) is 0 Å². The molecule has 2 aromatic rings. The molecule has 0 spiro atoms. The van der Waals surface area contributed by atoms with Gasteiger partial charge >= 0.3 is 0 Å². The molecule has 0 saturated carbocycles. The van der Waals surface area contributed by atoms with E-state index in [1.165, 1.54) is 11.1 Å². The van der Waals surface area contributed by atoms with Gasteiger partial charge in [0.05, 0.1) is 16.3 Å². The average molecular weight is 328 g/mol. The third-order valence-electron chi connectivity index (χ3n) is 3.40. The van der Waals surface area contributed by atoms with Crippen molar-refractivity contribution in [2.75, 3.05) is 19.0 Å². The predicted molar refractivity (Wildman–Crippen MR) is 88.9 cm³/mol. The van der Waals surface area contributed by atoms with Crippen molar-refractivity contribution in [1.82, 2.24) is 9.88 Å². The number of carbonyl (C=O) groups excluding carboxylic acids is 2. The minimum absolute atomic E-state index is 0.0791. The number of Topliss-reactive ketones (excluding diaryl/α,β-unsaturated/α-hetero) is 1. The molecular weight excluding hydrogens is 314 g/mol. The van der Waals surface area contributed by atoms with E-state index in [-0.39, 0.29) is 11.4 Å². The number of nitrogens with zero attached hydrogens (tertiary/aromatic N) is 3. The van der Waals surface area contributed by atoms with Crippen LogP contribution in [0.1, 0.15) is 10.4 Å². The van der Waals surface area contributed by atoms with Gasteiger partial charge in [-0.15, -0.1) is 0 Å². The van der Waals surface area contributed by atoms with Gasteiger partial charge in [-0.3, -0.25) is 14.5 Å². The largest absolute Gasteiger partial charge is 0.383 e. The minimum Gasteiger partial charge on any atom is -0.383 e. The van der Waals surface area contributed by atoms with Crippen LogP contribution >= 0.6 is 11.6 Å². The lowest BCUT2D eigenvalue weighted by Crippen LogP contribution is -2.37. The van der Waals surface area contributed by atoms with Gasteiger partial charge in [-0.2, -0.15) is 0 Å². The number of fused-ring (bicyclic) bond motifs is 1. The maximum absolute atomic E-state index is 12.9. The highest BCUT2D eigenvalue weighted by atomic mass is 35.5. The maximum Gasteiger partial charge on any atom is 0.269 e. The summed E-state index contributed by atoms with van der Waals surface area (Å²) in [6.07, 6.45) is 3.06. The molecule has 0 radical (unpaired) electrons. The van der Waals surface area contributed by atoms with E-state index in [0.29, 0.717) is 22.1 Å². The van der Waals surface area contributed by atoms with Crippen molar-refractivity contribution in [3.8, 4) is 0 Å². The first-order valence-corrected chi connectivity index (χ1v) is 7.35. The lowest BCUT2D eigenvalue weighted by atomic mass is 9.98. The van der Waals surface area contributed by atoms with Crippen LogP contribution in [0.15, 0.2) is 54.4 Å². The number of hydrogen-bond acceptors (Lipinski definition) is 4. The van der Waals surface area contributed by atoms with Crippen LogP contribution in [0, 0.1) is 0 Å². The average Bonchev–Trinajstić information content (AvgIpc) is 2.53. The molecule has 3 rings (SSSR count). The summed E-state index contributed by atoms with van der Waals surface area (Å²) in [6.45, 7) is 0. The summed E-state index contributed by atoms with van der Waals surface area (Å²) >= 11 is 6.24. The molecule has 1 aliphatic rings. The maximum atomic E-state index is 12.9. The molecule has 1 aliphatic heterocycles. The van der Waals surface area contributed by atoms with Crippen LogP contribution in [-0.4, -0.2) is 35.7 Å². The third-order valence-corrected chi connectivity index (χ3v) is 3.72. The smallest absolute Gasteiger partial charge is 0.269 e. The molecule has 1 aromatic carbocycles. The lowest BCUT2D eigenvalue weighted by Gasteiger charge is -2.29. The van der Waals surface area contributed by atoms with Gasteiger partial charge < -0.3 is 4.90 Å². The quantitative estimate of drug-likeness (QED) is 0.628. The van der Waals surface area contributed by atoms with Crippen molar-refractivity contribution in [2.24, 2.45) is 0 Å². The summed E-state index contributed by atoms with van der Waals surface area (Å²) < 4.78 is 0. The second-order valence-corrected chi connectivity index (χ2v) is 5.71. The second-order valence-electron chi connectivity index (χ2n) is 5.30. The Kier molecular flexibility index (Phi) is 3.88. The normalized spacial score (nSPS) is 15.8. The van der Waals surface area contributed by atoms with Crippen LogP contribution < -0.4 is 4.90 Å². The van der Waals surface area contributed by atoms with E-state index in [1.54, 1.807) is 61.6 Å². The fourth-order valence-electron chi connectivity index (χ4n) is 2.44. The number of hydrogen-bond donors (Lipinski definition) is 0. The van der Waals surface area contributed by atoms with Crippen LogP contribution in [-0.2, 0) is 4.79 Å². The minimum atomic E-state index is -0.442. The predicted octanol–water partition coefficient (Wildman–Crippen LogP) is 3.04. The molecule has 116 valence electrons. The van der Waals surface area contributed by atoms with Crippen LogP contribution in [0.5, 0.6) is 0 Å². The van der Waals surface area contributed by atoms with Gasteiger partial charge in [0.1, 0.15) is 5.57 Å². The molecule has 2 heterocycles. The Morgan fingerprint density at radius 3 is 2.57 bits per heavy atom. The Bertz CT molecular complexity index is 830. The van der Waals surface area contributed by atoms with Gasteiger partial charge in [-0.05, 0) is 24.3 Å². The van der Waals surface area contributed by atoms with Crippen molar-refractivity contribution < 1.29 is 9.59 Å². The van der Waals surface area contributed by atoms with Crippen molar-refractivity contribution >= 4 is 34.8 Å². The molecule has 5 nitrogen and oxygen atoms in total. The second kappa shape index (κ2) is 5.85. The summed E-state index contributed by atoms with van der Waals surface area (Å²) in [5.41, 5.74) is 0.951. The van der Waals surface area contributed by atoms with E-state index in [4.69, 9.17) is 11.6 Å². The van der Waals surface area contributed by atoms with Crippen molar-refractivity contribution in [1.29, 1.82) is 0 Å². The zero-order valence-electron chi connectivity index (χ0n) is 12.7. The van der Waals surface area contributed by atoms with E-state index >= 15 is 0 Å². The Hall–Kier alpha value is -2.66. The topological polar surface area (TPSA) is 53.5 Å². The first-order chi connectivity index (χ1) is 11.0. The van der Waals surface area contributed by atoms with Gasteiger partial charge in [0.2, 0.25) is 5.78 Å². The van der Waals surface area contributed by atoms with E-state index in [9.17, 15) is 9.59 Å². The molecule has 6 heteroatoms. The fourth-order valence-corrected chi connectivity index (χ4v) is 2.66. The molecule has 0 aliphatic carbocycles. The Morgan fingerprint density at radius 2 is 1.87 bits per heavy atom. The Morgan fingerprint density at radius 1 is 1.13 bits per heavy atom. The number of amides is 1. The number of halogens is 1. The van der Waals surface area contributed by atoms with Crippen molar-refractivity contribution in [3.05, 3.63) is 65.0 Å². The van der Waals surface area contributed by atoms with Crippen LogP contribution in [0.3, 0.4) is 0 Å². The highest BCUT2D eigenvalue weighted by Crippen LogP contribution is 2.37. The summed E-state index contributed by atoms with van der Waals surface area (Å²) in [7, 11) is 3.51. The molecule has 1 amide bonds. The molecule has 23 heavy (non-hydrogen) atoms. The number of rotatable bonds is 2. The van der Waals surface area contributed by atoms with Gasteiger partial charge in [0, 0.05) is 26.5 Å². The van der Waals surface area contributed by atoms with Gasteiger partial charge in [-0.25, -0.2) is 4.98 Å². The SMILES string of the molecule is CN(C)/C=C1/C(=O)c2cccnc2N(c2ccccc2Cl)C1=O. The van der Waals surface area contributed by atoms with Gasteiger partial charge in [0.15, 0.2) is 5.82 Å². The van der Waals surface area contributed by atoms with Gasteiger partial charge in [-0.1, -0.05) is 23.7 Å². The van der Waals surface area contributed by atoms with E-state index in [1.807, 2.05) is 0 Å². The summed E-state index contributed by atoms with van der Waals surface area (Å²) in [5.74, 6) is -0.482. The number of benzene rings is 1. The zero-order valence-corrected chi connectivity index (χ0v) is 13.4. The number of carbonyl (C=O) groups is 2. The standard InChI is InChI=1S/C17H14ClN3O2/c1-20(2)10-12-15(22)11-6-5-9-19-16(11)21(17(12)23)14-8-4-3-7-13(14)18/h3-10H,1-2H3/b12-10-. The summed E-state index contributed by atoms with van der Waals surface area (Å²) in [6, 6.07) is 10.3. The van der Waals surface area contributed by atoms with Crippen LogP contribution in [0.4, 0.5) is 11.5 Å². The molecule has 0 saturated heterocycles. The van der Waals surface area contributed by atoms with Gasteiger partial charge in [0.25, 0.3) is 5.91 Å². The van der Waals surface area contributed by atoms with E-state index in [0.717, 1.165) is 0 Å². The van der Waals surface area contributed by atoms with Crippen molar-refractivity contribution in [2.45, 2.75) is 0 Å². The molecular formula is C17H14ClN3O2. The van der Waals surface area contributed by atoms with Crippen molar-refractivity contribution in [3.63, 3.8) is 0 Å². The molecule has 0 unspecified atom stereocenters. The highest BCUT2D eigenvalue weighted by Gasteiger charge is 2.37. The number of aromatic nitrogens is 1. The number of ketones is 1. The van der Waals surface area contributed by atoms with E-state index in [2.05, 4.69) is 4.98 Å². The summed E-state index contributed by atoms with van der Waals surface area (Å²) in [5, 5.41) is 0.413. The third kappa shape index (κ3) is 2.59. The highest BCUT2D eigenvalue weighted by molar-refractivity contribution is 6.39. The monoisotopic (exact) mass is 327 g/mol. The Balaban J connectivity index is 2.26. The number of pyridine rings is 1. The number of para-hydroxylation sites is 1. The molecule has 0 N–H and O–H groups in total. The first-order valence-electron chi connectivity index (χ1n) is 6.97. The van der Waals surface area contributed by atoms with Crippen LogP contribution in [0.2, 0.25) is 5.02 Å². The molecule has 0 atom stereocenters. The molecule has 0 bridgehead atoms. The zero-order chi connectivity index (χ0) is 16.6. The number of anilines is 2. The molecule has 1 aromatic heterocycles. The molecule has 0 fully saturated rings. The summed E-state index contributed by atoms with van der Waals surface area (Å²) in [4.78, 5) is 32.8. The lowest BCUT2D eigenvalue weighted by molar-refractivity contribution is -0.114. The first kappa shape index (κ1) is 15.2. The van der Waals surface area contributed by atoms with E-state index < -0.39 is 5.91 Å². The fraction of sp³-hybridized carbons (Fsp3) is 0.118.